The normalized spacial score (nSPS) is 11.3. The predicted octanol–water partition coefficient (Wildman–Crippen LogP) is 4.81. The predicted molar refractivity (Wildman–Crippen MR) is 123 cm³/mol. The highest BCUT2D eigenvalue weighted by molar-refractivity contribution is 6.01. The van der Waals surface area contributed by atoms with Gasteiger partial charge in [0.1, 0.15) is 17.8 Å². The van der Waals surface area contributed by atoms with E-state index in [4.69, 9.17) is 19.8 Å². The van der Waals surface area contributed by atoms with Gasteiger partial charge in [-0.25, -0.2) is 19.2 Å². The largest absolute Gasteiger partial charge is 0.497 e. The second-order valence-corrected chi connectivity index (χ2v) is 7.34. The van der Waals surface area contributed by atoms with Crippen molar-refractivity contribution in [3.05, 3.63) is 91.3 Å². The van der Waals surface area contributed by atoms with E-state index in [9.17, 15) is 0 Å². The SMILES string of the molecule is COc1ccc(-c2nc3c4c(-c5ccccc5)nn(-c5ccccc5)c4ncn3n2)cc1. The number of benzene rings is 3. The Morgan fingerprint density at radius 2 is 1.44 bits per heavy atom. The maximum Gasteiger partial charge on any atom is 0.182 e. The number of rotatable bonds is 4. The van der Waals surface area contributed by atoms with E-state index >= 15 is 0 Å². The highest BCUT2D eigenvalue weighted by atomic mass is 16.5. The lowest BCUT2D eigenvalue weighted by molar-refractivity contribution is 0.415. The van der Waals surface area contributed by atoms with E-state index < -0.39 is 0 Å². The van der Waals surface area contributed by atoms with Crippen LogP contribution in [0.3, 0.4) is 0 Å². The Morgan fingerprint density at radius 3 is 2.16 bits per heavy atom. The van der Waals surface area contributed by atoms with Crippen LogP contribution < -0.4 is 4.74 Å². The molecular formula is C25H18N6O. The van der Waals surface area contributed by atoms with Crippen molar-refractivity contribution in [1.29, 1.82) is 0 Å². The molecule has 0 fully saturated rings. The Labute approximate surface area is 183 Å². The van der Waals surface area contributed by atoms with Crippen LogP contribution in [0, 0.1) is 0 Å². The molecule has 0 bridgehead atoms. The summed E-state index contributed by atoms with van der Waals surface area (Å²) in [6.07, 6.45) is 1.69. The minimum Gasteiger partial charge on any atom is -0.497 e. The van der Waals surface area contributed by atoms with Gasteiger partial charge >= 0.3 is 0 Å². The van der Waals surface area contributed by atoms with Crippen molar-refractivity contribution in [1.82, 2.24) is 29.4 Å². The topological polar surface area (TPSA) is 70.1 Å². The summed E-state index contributed by atoms with van der Waals surface area (Å²) < 4.78 is 8.84. The van der Waals surface area contributed by atoms with Gasteiger partial charge in [-0.15, -0.1) is 5.10 Å². The molecule has 0 spiro atoms. The standard InChI is InChI=1S/C25H18N6O/c1-32-20-14-12-18(13-15-20)23-27-25-21-22(17-8-4-2-5-9-17)28-31(19-10-6-3-7-11-19)24(21)26-16-30(25)29-23/h2-16H,1H3. The van der Waals surface area contributed by atoms with Crippen LogP contribution in [-0.2, 0) is 0 Å². The van der Waals surface area contributed by atoms with Crippen LogP contribution in [0.1, 0.15) is 0 Å². The van der Waals surface area contributed by atoms with Gasteiger partial charge in [-0.2, -0.15) is 5.10 Å². The first-order valence-corrected chi connectivity index (χ1v) is 10.2. The van der Waals surface area contributed by atoms with Gasteiger partial charge in [0.25, 0.3) is 0 Å². The minimum absolute atomic E-state index is 0.619. The zero-order valence-electron chi connectivity index (χ0n) is 17.3. The molecule has 0 radical (unpaired) electrons. The summed E-state index contributed by atoms with van der Waals surface area (Å²) in [5.41, 5.74) is 5.09. The van der Waals surface area contributed by atoms with Gasteiger partial charge in [0, 0.05) is 11.1 Å². The Kier molecular flexibility index (Phi) is 4.18. The van der Waals surface area contributed by atoms with E-state index in [0.29, 0.717) is 11.5 Å². The van der Waals surface area contributed by atoms with Crippen LogP contribution in [0.15, 0.2) is 91.3 Å². The maximum atomic E-state index is 5.26. The van der Waals surface area contributed by atoms with Crippen molar-refractivity contribution in [2.75, 3.05) is 7.11 Å². The van der Waals surface area contributed by atoms with Gasteiger partial charge in [0.05, 0.1) is 18.2 Å². The van der Waals surface area contributed by atoms with E-state index in [2.05, 4.69) is 5.10 Å². The summed E-state index contributed by atoms with van der Waals surface area (Å²) in [4.78, 5) is 9.58. The number of fused-ring (bicyclic) bond motifs is 3. The molecule has 0 aliphatic heterocycles. The number of methoxy groups -OCH3 is 1. The maximum absolute atomic E-state index is 5.26. The summed E-state index contributed by atoms with van der Waals surface area (Å²) >= 11 is 0. The Hall–Kier alpha value is -4.52. The van der Waals surface area contributed by atoms with Gasteiger partial charge in [0.2, 0.25) is 0 Å². The smallest absolute Gasteiger partial charge is 0.182 e. The monoisotopic (exact) mass is 418 g/mol. The van der Waals surface area contributed by atoms with Crippen molar-refractivity contribution in [3.8, 4) is 34.1 Å². The number of nitrogens with zero attached hydrogens (tertiary/aromatic N) is 6. The van der Waals surface area contributed by atoms with Gasteiger partial charge in [0.15, 0.2) is 17.1 Å². The van der Waals surface area contributed by atoms with Crippen molar-refractivity contribution >= 4 is 16.7 Å². The average molecular weight is 418 g/mol. The molecule has 0 aliphatic rings. The summed E-state index contributed by atoms with van der Waals surface area (Å²) in [5, 5.41) is 10.5. The highest BCUT2D eigenvalue weighted by Crippen LogP contribution is 2.32. The molecule has 32 heavy (non-hydrogen) atoms. The number of hydrogen-bond donors (Lipinski definition) is 0. The lowest BCUT2D eigenvalue weighted by Gasteiger charge is -2.01. The van der Waals surface area contributed by atoms with Crippen LogP contribution >= 0.6 is 0 Å². The molecule has 7 heteroatoms. The van der Waals surface area contributed by atoms with Crippen molar-refractivity contribution in [3.63, 3.8) is 0 Å². The lowest BCUT2D eigenvalue weighted by Crippen LogP contribution is -1.98. The van der Waals surface area contributed by atoms with E-state index in [-0.39, 0.29) is 0 Å². The molecule has 3 aromatic heterocycles. The molecule has 0 saturated heterocycles. The van der Waals surface area contributed by atoms with Crippen molar-refractivity contribution in [2.45, 2.75) is 0 Å². The highest BCUT2D eigenvalue weighted by Gasteiger charge is 2.20. The lowest BCUT2D eigenvalue weighted by atomic mass is 10.1. The molecule has 7 nitrogen and oxygen atoms in total. The average Bonchev–Trinajstić information content (AvgIpc) is 3.47. The molecule has 0 saturated carbocycles. The minimum atomic E-state index is 0.619. The van der Waals surface area contributed by atoms with E-state index in [1.165, 1.54) is 0 Å². The van der Waals surface area contributed by atoms with Gasteiger partial charge in [-0.1, -0.05) is 48.5 Å². The van der Waals surface area contributed by atoms with Gasteiger partial charge < -0.3 is 4.74 Å². The number of aromatic nitrogens is 6. The summed E-state index contributed by atoms with van der Waals surface area (Å²) in [6, 6.07) is 27.8. The first-order chi connectivity index (χ1) is 15.8. The molecule has 6 aromatic rings. The molecule has 154 valence electrons. The molecule has 3 heterocycles. The van der Waals surface area contributed by atoms with E-state index in [1.807, 2.05) is 89.6 Å². The molecule has 0 aliphatic carbocycles. The Balaban J connectivity index is 1.63. The summed E-state index contributed by atoms with van der Waals surface area (Å²) in [5.74, 6) is 1.41. The third-order valence-electron chi connectivity index (χ3n) is 5.40. The number of hydrogen-bond acceptors (Lipinski definition) is 5. The Morgan fingerprint density at radius 1 is 0.719 bits per heavy atom. The van der Waals surface area contributed by atoms with Crippen LogP contribution in [0.5, 0.6) is 5.75 Å². The number of ether oxygens (including phenoxy) is 1. The Bertz CT molecular complexity index is 1540. The second-order valence-electron chi connectivity index (χ2n) is 7.34. The molecule has 0 N–H and O–H groups in total. The van der Waals surface area contributed by atoms with Crippen LogP contribution in [0.2, 0.25) is 0 Å². The quantitative estimate of drug-likeness (QED) is 0.411. The van der Waals surface area contributed by atoms with Crippen LogP contribution in [0.25, 0.3) is 45.0 Å². The third-order valence-corrected chi connectivity index (χ3v) is 5.40. The summed E-state index contributed by atoms with van der Waals surface area (Å²) in [6.45, 7) is 0. The van der Waals surface area contributed by atoms with Gasteiger partial charge in [-0.05, 0) is 36.4 Å². The molecule has 3 aromatic carbocycles. The van der Waals surface area contributed by atoms with Crippen molar-refractivity contribution < 1.29 is 4.74 Å². The first-order valence-electron chi connectivity index (χ1n) is 10.2. The summed E-state index contributed by atoms with van der Waals surface area (Å²) in [7, 11) is 1.65. The number of para-hydroxylation sites is 1. The fraction of sp³-hybridized carbons (Fsp3) is 0.0400. The van der Waals surface area contributed by atoms with Gasteiger partial charge in [-0.3, -0.25) is 0 Å². The third kappa shape index (κ3) is 2.91. The second kappa shape index (κ2) is 7.31. The molecule has 6 rings (SSSR count). The molecule has 0 atom stereocenters. The zero-order chi connectivity index (χ0) is 21.5. The van der Waals surface area contributed by atoms with E-state index in [1.54, 1.807) is 18.0 Å². The molecular weight excluding hydrogens is 400 g/mol. The zero-order valence-corrected chi connectivity index (χ0v) is 17.3. The van der Waals surface area contributed by atoms with E-state index in [0.717, 1.165) is 39.3 Å². The molecule has 0 amide bonds. The van der Waals surface area contributed by atoms with Crippen LogP contribution in [0.4, 0.5) is 0 Å². The molecule has 0 unspecified atom stereocenters. The first kappa shape index (κ1) is 18.3. The van der Waals surface area contributed by atoms with Crippen molar-refractivity contribution in [2.24, 2.45) is 0 Å². The van der Waals surface area contributed by atoms with Crippen LogP contribution in [-0.4, -0.2) is 36.5 Å². The fourth-order valence-electron chi connectivity index (χ4n) is 3.83. The fourth-order valence-corrected chi connectivity index (χ4v) is 3.83.